The van der Waals surface area contributed by atoms with Gasteiger partial charge in [0.15, 0.2) is 0 Å². The third-order valence-electron chi connectivity index (χ3n) is 3.16. The van der Waals surface area contributed by atoms with Crippen molar-refractivity contribution in [3.8, 4) is 0 Å². The SMILES string of the molecule is CCCCOCCC(CNCC)c1ccccc1. The zero-order valence-electron chi connectivity index (χ0n) is 11.8. The zero-order valence-corrected chi connectivity index (χ0v) is 11.8. The maximum Gasteiger partial charge on any atom is 0.0472 e. The Morgan fingerprint density at radius 2 is 1.89 bits per heavy atom. The molecule has 2 heteroatoms. The predicted molar refractivity (Wildman–Crippen MR) is 78.1 cm³/mol. The number of benzene rings is 1. The first-order valence-corrected chi connectivity index (χ1v) is 7.21. The van der Waals surface area contributed by atoms with Crippen LogP contribution in [0.3, 0.4) is 0 Å². The van der Waals surface area contributed by atoms with Crippen LogP contribution in [-0.4, -0.2) is 26.3 Å². The highest BCUT2D eigenvalue weighted by Gasteiger charge is 2.10. The van der Waals surface area contributed by atoms with Crippen LogP contribution in [0.2, 0.25) is 0 Å². The van der Waals surface area contributed by atoms with Crippen LogP contribution >= 0.6 is 0 Å². The van der Waals surface area contributed by atoms with Gasteiger partial charge in [0, 0.05) is 19.8 Å². The van der Waals surface area contributed by atoms with E-state index in [0.717, 1.165) is 32.7 Å². The topological polar surface area (TPSA) is 21.3 Å². The Morgan fingerprint density at radius 1 is 1.11 bits per heavy atom. The van der Waals surface area contributed by atoms with Crippen molar-refractivity contribution in [1.82, 2.24) is 5.32 Å². The highest BCUT2D eigenvalue weighted by atomic mass is 16.5. The Labute approximate surface area is 112 Å². The van der Waals surface area contributed by atoms with E-state index in [1.807, 2.05) is 0 Å². The van der Waals surface area contributed by atoms with E-state index in [1.165, 1.54) is 18.4 Å². The summed E-state index contributed by atoms with van der Waals surface area (Å²) < 4.78 is 5.68. The molecule has 0 heterocycles. The first-order valence-electron chi connectivity index (χ1n) is 7.21. The molecule has 0 amide bonds. The monoisotopic (exact) mass is 249 g/mol. The quantitative estimate of drug-likeness (QED) is 0.640. The van der Waals surface area contributed by atoms with Crippen LogP contribution in [-0.2, 0) is 4.74 Å². The van der Waals surface area contributed by atoms with Gasteiger partial charge in [-0.15, -0.1) is 0 Å². The number of hydrogen-bond acceptors (Lipinski definition) is 2. The lowest BCUT2D eigenvalue weighted by Crippen LogP contribution is -2.22. The molecule has 0 aromatic heterocycles. The summed E-state index contributed by atoms with van der Waals surface area (Å²) in [5, 5.41) is 3.44. The summed E-state index contributed by atoms with van der Waals surface area (Å²) in [5.41, 5.74) is 1.41. The van der Waals surface area contributed by atoms with Crippen molar-refractivity contribution in [1.29, 1.82) is 0 Å². The smallest absolute Gasteiger partial charge is 0.0472 e. The molecule has 1 aromatic carbocycles. The lowest BCUT2D eigenvalue weighted by Gasteiger charge is -2.17. The molecule has 1 unspecified atom stereocenters. The molecule has 102 valence electrons. The van der Waals surface area contributed by atoms with Crippen LogP contribution in [0.1, 0.15) is 44.6 Å². The summed E-state index contributed by atoms with van der Waals surface area (Å²) >= 11 is 0. The molecule has 1 atom stereocenters. The van der Waals surface area contributed by atoms with Gasteiger partial charge in [0.1, 0.15) is 0 Å². The summed E-state index contributed by atoms with van der Waals surface area (Å²) in [6.45, 7) is 8.18. The average molecular weight is 249 g/mol. The van der Waals surface area contributed by atoms with Gasteiger partial charge in [-0.05, 0) is 30.9 Å². The van der Waals surface area contributed by atoms with E-state index >= 15 is 0 Å². The molecular formula is C16H27NO. The average Bonchev–Trinajstić information content (AvgIpc) is 2.43. The van der Waals surface area contributed by atoms with Crippen LogP contribution < -0.4 is 5.32 Å². The van der Waals surface area contributed by atoms with Crippen molar-refractivity contribution in [2.75, 3.05) is 26.3 Å². The van der Waals surface area contributed by atoms with Crippen molar-refractivity contribution >= 4 is 0 Å². The zero-order chi connectivity index (χ0) is 13.1. The third-order valence-corrected chi connectivity index (χ3v) is 3.16. The molecule has 0 fully saturated rings. The first kappa shape index (κ1) is 15.2. The van der Waals surface area contributed by atoms with E-state index in [0.29, 0.717) is 5.92 Å². The minimum atomic E-state index is 0.563. The molecule has 1 rings (SSSR count). The maximum atomic E-state index is 5.68. The summed E-state index contributed by atoms with van der Waals surface area (Å²) in [5.74, 6) is 0.563. The molecule has 0 spiro atoms. The van der Waals surface area contributed by atoms with Crippen molar-refractivity contribution in [2.24, 2.45) is 0 Å². The number of likely N-dealkylation sites (N-methyl/N-ethyl adjacent to an activating group) is 1. The second-order valence-electron chi connectivity index (χ2n) is 4.67. The lowest BCUT2D eigenvalue weighted by atomic mass is 9.96. The van der Waals surface area contributed by atoms with Crippen molar-refractivity contribution in [2.45, 2.75) is 39.0 Å². The van der Waals surface area contributed by atoms with Crippen LogP contribution in [0.25, 0.3) is 0 Å². The molecule has 0 saturated carbocycles. The Hall–Kier alpha value is -0.860. The standard InChI is InChI=1S/C16H27NO/c1-3-5-12-18-13-11-16(14-17-4-2)15-9-7-6-8-10-15/h6-10,16-17H,3-5,11-14H2,1-2H3. The largest absolute Gasteiger partial charge is 0.381 e. The second-order valence-corrected chi connectivity index (χ2v) is 4.67. The number of nitrogens with one attached hydrogen (secondary N) is 1. The Kier molecular flexibility index (Phi) is 8.53. The molecule has 18 heavy (non-hydrogen) atoms. The van der Waals surface area contributed by atoms with Gasteiger partial charge in [0.05, 0.1) is 0 Å². The fourth-order valence-electron chi connectivity index (χ4n) is 2.00. The molecule has 0 saturated heterocycles. The Morgan fingerprint density at radius 3 is 2.56 bits per heavy atom. The van der Waals surface area contributed by atoms with E-state index in [1.54, 1.807) is 0 Å². The van der Waals surface area contributed by atoms with Gasteiger partial charge < -0.3 is 10.1 Å². The van der Waals surface area contributed by atoms with E-state index in [2.05, 4.69) is 49.5 Å². The molecule has 0 aliphatic carbocycles. The fraction of sp³-hybridized carbons (Fsp3) is 0.625. The Bertz CT molecular complexity index is 286. The second kappa shape index (κ2) is 10.1. The molecule has 2 nitrogen and oxygen atoms in total. The minimum absolute atomic E-state index is 0.563. The normalized spacial score (nSPS) is 12.6. The molecular weight excluding hydrogens is 222 g/mol. The summed E-state index contributed by atoms with van der Waals surface area (Å²) in [7, 11) is 0. The van der Waals surface area contributed by atoms with Gasteiger partial charge in [0.2, 0.25) is 0 Å². The fourth-order valence-corrected chi connectivity index (χ4v) is 2.00. The van der Waals surface area contributed by atoms with Gasteiger partial charge in [-0.25, -0.2) is 0 Å². The van der Waals surface area contributed by atoms with Gasteiger partial charge in [-0.1, -0.05) is 50.6 Å². The molecule has 1 aromatic rings. The lowest BCUT2D eigenvalue weighted by molar-refractivity contribution is 0.124. The van der Waals surface area contributed by atoms with Crippen LogP contribution in [0.15, 0.2) is 30.3 Å². The van der Waals surface area contributed by atoms with Crippen molar-refractivity contribution < 1.29 is 4.74 Å². The highest BCUT2D eigenvalue weighted by molar-refractivity contribution is 5.19. The maximum absolute atomic E-state index is 5.68. The van der Waals surface area contributed by atoms with Crippen molar-refractivity contribution in [3.63, 3.8) is 0 Å². The number of ether oxygens (including phenoxy) is 1. The summed E-state index contributed by atoms with van der Waals surface area (Å²) in [6, 6.07) is 10.7. The van der Waals surface area contributed by atoms with Crippen LogP contribution in [0, 0.1) is 0 Å². The van der Waals surface area contributed by atoms with Gasteiger partial charge in [0.25, 0.3) is 0 Å². The van der Waals surface area contributed by atoms with Gasteiger partial charge in [-0.3, -0.25) is 0 Å². The van der Waals surface area contributed by atoms with E-state index in [-0.39, 0.29) is 0 Å². The van der Waals surface area contributed by atoms with E-state index in [4.69, 9.17) is 4.74 Å². The molecule has 0 bridgehead atoms. The molecule has 0 radical (unpaired) electrons. The van der Waals surface area contributed by atoms with E-state index < -0.39 is 0 Å². The molecule has 0 aliphatic rings. The number of hydrogen-bond donors (Lipinski definition) is 1. The number of rotatable bonds is 10. The Balaban J connectivity index is 2.36. The minimum Gasteiger partial charge on any atom is -0.381 e. The van der Waals surface area contributed by atoms with Crippen LogP contribution in [0.5, 0.6) is 0 Å². The van der Waals surface area contributed by atoms with Crippen LogP contribution in [0.4, 0.5) is 0 Å². The summed E-state index contributed by atoms with van der Waals surface area (Å²) in [4.78, 5) is 0. The third kappa shape index (κ3) is 6.18. The van der Waals surface area contributed by atoms with Crippen molar-refractivity contribution in [3.05, 3.63) is 35.9 Å². The van der Waals surface area contributed by atoms with E-state index in [9.17, 15) is 0 Å². The van der Waals surface area contributed by atoms with Gasteiger partial charge in [-0.2, -0.15) is 0 Å². The summed E-state index contributed by atoms with van der Waals surface area (Å²) in [6.07, 6.45) is 3.48. The van der Waals surface area contributed by atoms with Gasteiger partial charge >= 0.3 is 0 Å². The highest BCUT2D eigenvalue weighted by Crippen LogP contribution is 2.18. The molecule has 0 aliphatic heterocycles. The number of unbranched alkanes of at least 4 members (excludes halogenated alkanes) is 1. The predicted octanol–water partition coefficient (Wildman–Crippen LogP) is 3.59. The molecule has 1 N–H and O–H groups in total. The first-order chi connectivity index (χ1) is 8.88.